The molecule has 0 spiro atoms. The van der Waals surface area contributed by atoms with E-state index in [9.17, 15) is 14.7 Å². The lowest BCUT2D eigenvalue weighted by atomic mass is 9.90. The van der Waals surface area contributed by atoms with Gasteiger partial charge in [0, 0.05) is 0 Å². The molecule has 5 heteroatoms. The number of anilines is 1. The van der Waals surface area contributed by atoms with E-state index in [1.165, 1.54) is 6.07 Å². The lowest BCUT2D eigenvalue weighted by Crippen LogP contribution is -2.31. The van der Waals surface area contributed by atoms with Gasteiger partial charge in [-0.15, -0.1) is 0 Å². The summed E-state index contributed by atoms with van der Waals surface area (Å²) in [7, 11) is 0. The number of aromatic hydroxyl groups is 1. The van der Waals surface area contributed by atoms with Crippen molar-refractivity contribution in [2.75, 3.05) is 5.32 Å². The molecule has 0 saturated heterocycles. The Bertz CT molecular complexity index is 455. The van der Waals surface area contributed by atoms with Gasteiger partial charge in [0.15, 0.2) is 0 Å². The van der Waals surface area contributed by atoms with Crippen molar-refractivity contribution in [2.24, 2.45) is 5.92 Å². The molecular weight excluding hydrogens is 210 g/mol. The fourth-order valence-electron chi connectivity index (χ4n) is 1.86. The van der Waals surface area contributed by atoms with Gasteiger partial charge in [0.2, 0.25) is 5.91 Å². The Kier molecular flexibility index (Phi) is 2.52. The third kappa shape index (κ3) is 1.84. The van der Waals surface area contributed by atoms with Crippen LogP contribution in [-0.2, 0) is 16.0 Å². The standard InChI is InChI=1S/C11H11NO4/c13-8-3-1-2-6-4-7(5-9(14)15)11(16)12-10(6)8/h1-3,7,13H,4-5H2,(H,12,16)(H,14,15). The predicted molar refractivity (Wildman–Crippen MR) is 56.2 cm³/mol. The molecule has 1 aliphatic heterocycles. The van der Waals surface area contributed by atoms with Crippen molar-refractivity contribution in [1.82, 2.24) is 0 Å². The average molecular weight is 221 g/mol. The van der Waals surface area contributed by atoms with E-state index in [1.54, 1.807) is 12.1 Å². The average Bonchev–Trinajstić information content (AvgIpc) is 2.20. The van der Waals surface area contributed by atoms with E-state index in [4.69, 9.17) is 5.11 Å². The summed E-state index contributed by atoms with van der Waals surface area (Å²) in [4.78, 5) is 22.1. The topological polar surface area (TPSA) is 86.6 Å². The first-order chi connectivity index (χ1) is 7.58. The van der Waals surface area contributed by atoms with Crippen molar-refractivity contribution in [3.8, 4) is 5.75 Å². The third-order valence-electron chi connectivity index (χ3n) is 2.64. The number of carboxylic acids is 1. The molecule has 84 valence electrons. The molecule has 0 bridgehead atoms. The molecule has 3 N–H and O–H groups in total. The quantitative estimate of drug-likeness (QED) is 0.649. The summed E-state index contributed by atoms with van der Waals surface area (Å²) in [6.07, 6.45) is 0.156. The van der Waals surface area contributed by atoms with Gasteiger partial charge in [0.1, 0.15) is 5.75 Å². The van der Waals surface area contributed by atoms with E-state index >= 15 is 0 Å². The summed E-state index contributed by atoms with van der Waals surface area (Å²) in [5.74, 6) is -1.90. The summed E-state index contributed by atoms with van der Waals surface area (Å²) in [5.41, 5.74) is 1.17. The Hall–Kier alpha value is -2.04. The minimum absolute atomic E-state index is 0.0135. The second-order valence-electron chi connectivity index (χ2n) is 3.80. The molecule has 1 aromatic carbocycles. The first-order valence-electron chi connectivity index (χ1n) is 4.91. The van der Waals surface area contributed by atoms with Gasteiger partial charge in [-0.1, -0.05) is 12.1 Å². The summed E-state index contributed by atoms with van der Waals surface area (Å²) >= 11 is 0. The smallest absolute Gasteiger partial charge is 0.304 e. The van der Waals surface area contributed by atoms with Crippen LogP contribution in [0, 0.1) is 5.92 Å². The van der Waals surface area contributed by atoms with Crippen molar-refractivity contribution >= 4 is 17.6 Å². The van der Waals surface area contributed by atoms with Crippen LogP contribution < -0.4 is 5.32 Å². The van der Waals surface area contributed by atoms with Crippen LogP contribution in [-0.4, -0.2) is 22.1 Å². The number of nitrogens with one attached hydrogen (secondary N) is 1. The fourth-order valence-corrected chi connectivity index (χ4v) is 1.86. The number of aliphatic carboxylic acids is 1. The number of phenolic OH excluding ortho intramolecular Hbond substituents is 1. The molecule has 0 fully saturated rings. The van der Waals surface area contributed by atoms with Crippen molar-refractivity contribution < 1.29 is 19.8 Å². The molecule has 0 radical (unpaired) electrons. The lowest BCUT2D eigenvalue weighted by molar-refractivity contribution is -0.140. The van der Waals surface area contributed by atoms with Crippen LogP contribution in [0.5, 0.6) is 5.75 Å². The number of para-hydroxylation sites is 1. The zero-order chi connectivity index (χ0) is 11.7. The molecule has 1 aromatic rings. The van der Waals surface area contributed by atoms with E-state index in [1.807, 2.05) is 0 Å². The Labute approximate surface area is 91.7 Å². The summed E-state index contributed by atoms with van der Waals surface area (Å²) in [5, 5.41) is 20.7. The Morgan fingerprint density at radius 2 is 2.25 bits per heavy atom. The number of carbonyl (C=O) groups is 2. The second kappa shape index (κ2) is 3.84. The summed E-state index contributed by atoms with van der Waals surface area (Å²) < 4.78 is 0. The van der Waals surface area contributed by atoms with Gasteiger partial charge < -0.3 is 15.5 Å². The maximum absolute atomic E-state index is 11.6. The number of carbonyl (C=O) groups excluding carboxylic acids is 1. The first-order valence-corrected chi connectivity index (χ1v) is 4.91. The highest BCUT2D eigenvalue weighted by Crippen LogP contribution is 2.33. The maximum atomic E-state index is 11.6. The normalized spacial score (nSPS) is 18.8. The van der Waals surface area contributed by atoms with Crippen LogP contribution >= 0.6 is 0 Å². The molecule has 5 nitrogen and oxygen atoms in total. The maximum Gasteiger partial charge on any atom is 0.304 e. The van der Waals surface area contributed by atoms with Gasteiger partial charge >= 0.3 is 5.97 Å². The Balaban J connectivity index is 2.28. The molecule has 1 aliphatic rings. The third-order valence-corrected chi connectivity index (χ3v) is 2.64. The first kappa shape index (κ1) is 10.5. The molecule has 0 saturated carbocycles. The highest BCUT2D eigenvalue weighted by molar-refractivity contribution is 5.98. The van der Waals surface area contributed by atoms with E-state index in [0.29, 0.717) is 12.1 Å². The van der Waals surface area contributed by atoms with Crippen LogP contribution in [0.2, 0.25) is 0 Å². The van der Waals surface area contributed by atoms with Crippen molar-refractivity contribution in [1.29, 1.82) is 0 Å². The number of benzene rings is 1. The zero-order valence-electron chi connectivity index (χ0n) is 8.43. The predicted octanol–water partition coefficient (Wildman–Crippen LogP) is 0.978. The number of fused-ring (bicyclic) bond motifs is 1. The van der Waals surface area contributed by atoms with Gasteiger partial charge in [0.05, 0.1) is 18.0 Å². The summed E-state index contributed by atoms with van der Waals surface area (Å²) in [6.45, 7) is 0. The molecule has 0 aromatic heterocycles. The molecule has 1 heterocycles. The Morgan fingerprint density at radius 3 is 2.94 bits per heavy atom. The molecule has 16 heavy (non-hydrogen) atoms. The van der Waals surface area contributed by atoms with Gasteiger partial charge in [-0.25, -0.2) is 0 Å². The van der Waals surface area contributed by atoms with Crippen LogP contribution in [0.4, 0.5) is 5.69 Å². The van der Waals surface area contributed by atoms with Crippen LogP contribution in [0.25, 0.3) is 0 Å². The van der Waals surface area contributed by atoms with E-state index in [2.05, 4.69) is 5.32 Å². The number of rotatable bonds is 2. The second-order valence-corrected chi connectivity index (χ2v) is 3.80. The molecule has 1 unspecified atom stereocenters. The fraction of sp³-hybridized carbons (Fsp3) is 0.273. The number of carboxylic acid groups (broad SMARTS) is 1. The molecule has 2 rings (SSSR count). The van der Waals surface area contributed by atoms with Crippen molar-refractivity contribution in [2.45, 2.75) is 12.8 Å². The zero-order valence-corrected chi connectivity index (χ0v) is 8.43. The number of phenols is 1. The van der Waals surface area contributed by atoms with Gasteiger partial charge in [0.25, 0.3) is 0 Å². The lowest BCUT2D eigenvalue weighted by Gasteiger charge is -2.23. The number of hydrogen-bond donors (Lipinski definition) is 3. The van der Waals surface area contributed by atoms with Gasteiger partial charge in [-0.05, 0) is 18.1 Å². The molecule has 0 aliphatic carbocycles. The van der Waals surface area contributed by atoms with Crippen LogP contribution in [0.1, 0.15) is 12.0 Å². The minimum Gasteiger partial charge on any atom is -0.506 e. The van der Waals surface area contributed by atoms with Crippen LogP contribution in [0.3, 0.4) is 0 Å². The molecule has 1 atom stereocenters. The van der Waals surface area contributed by atoms with Crippen molar-refractivity contribution in [3.05, 3.63) is 23.8 Å². The largest absolute Gasteiger partial charge is 0.506 e. The molecular formula is C11H11NO4. The van der Waals surface area contributed by atoms with E-state index < -0.39 is 11.9 Å². The number of hydrogen-bond acceptors (Lipinski definition) is 3. The SMILES string of the molecule is O=C(O)CC1Cc2cccc(O)c2NC1=O. The minimum atomic E-state index is -0.997. The van der Waals surface area contributed by atoms with E-state index in [-0.39, 0.29) is 18.1 Å². The monoisotopic (exact) mass is 221 g/mol. The van der Waals surface area contributed by atoms with Crippen molar-refractivity contribution in [3.63, 3.8) is 0 Å². The Morgan fingerprint density at radius 1 is 1.50 bits per heavy atom. The summed E-state index contributed by atoms with van der Waals surface area (Å²) in [6, 6.07) is 4.92. The van der Waals surface area contributed by atoms with Gasteiger partial charge in [-0.2, -0.15) is 0 Å². The highest BCUT2D eigenvalue weighted by atomic mass is 16.4. The molecule has 1 amide bonds. The van der Waals surface area contributed by atoms with Crippen LogP contribution in [0.15, 0.2) is 18.2 Å². The number of amides is 1. The van der Waals surface area contributed by atoms with Gasteiger partial charge in [-0.3, -0.25) is 9.59 Å². The van der Waals surface area contributed by atoms with E-state index in [0.717, 1.165) is 5.56 Å². The highest BCUT2D eigenvalue weighted by Gasteiger charge is 2.29.